The second-order valence-corrected chi connectivity index (χ2v) is 4.93. The summed E-state index contributed by atoms with van der Waals surface area (Å²) in [6.45, 7) is 0.633. The molecular weight excluding hydrogens is 244 g/mol. The third kappa shape index (κ3) is 2.98. The van der Waals surface area contributed by atoms with Crippen molar-refractivity contribution in [1.29, 1.82) is 0 Å². The summed E-state index contributed by atoms with van der Waals surface area (Å²) >= 11 is 0. The number of carbonyl (C=O) groups is 1. The van der Waals surface area contributed by atoms with E-state index >= 15 is 0 Å². The SMILES string of the molecule is Nc1cc(N(CCO)C2CCCC2)ccc1C(=O)O. The first-order valence-corrected chi connectivity index (χ1v) is 6.64. The van der Waals surface area contributed by atoms with Crippen LogP contribution in [0.2, 0.25) is 0 Å². The van der Waals surface area contributed by atoms with Crippen LogP contribution in [0, 0.1) is 0 Å². The minimum atomic E-state index is -1.02. The van der Waals surface area contributed by atoms with Crippen LogP contribution in [0.3, 0.4) is 0 Å². The molecule has 5 nitrogen and oxygen atoms in total. The second-order valence-electron chi connectivity index (χ2n) is 4.93. The van der Waals surface area contributed by atoms with Crippen LogP contribution in [0.15, 0.2) is 18.2 Å². The lowest BCUT2D eigenvalue weighted by atomic mass is 10.1. The smallest absolute Gasteiger partial charge is 0.337 e. The van der Waals surface area contributed by atoms with E-state index in [0.29, 0.717) is 12.6 Å². The summed E-state index contributed by atoms with van der Waals surface area (Å²) in [4.78, 5) is 13.1. The predicted octanol–water partition coefficient (Wildman–Crippen LogP) is 1.71. The molecular formula is C14H20N2O3. The Balaban J connectivity index is 2.26. The molecule has 0 spiro atoms. The van der Waals surface area contributed by atoms with Crippen molar-refractivity contribution in [1.82, 2.24) is 0 Å². The van der Waals surface area contributed by atoms with Gasteiger partial charge in [-0.25, -0.2) is 4.79 Å². The van der Waals surface area contributed by atoms with Gasteiger partial charge in [0.15, 0.2) is 0 Å². The predicted molar refractivity (Wildman–Crippen MR) is 74.5 cm³/mol. The van der Waals surface area contributed by atoms with Crippen LogP contribution in [-0.2, 0) is 0 Å². The molecule has 0 bridgehead atoms. The molecule has 19 heavy (non-hydrogen) atoms. The first-order valence-electron chi connectivity index (χ1n) is 6.64. The summed E-state index contributed by atoms with van der Waals surface area (Å²) < 4.78 is 0. The lowest BCUT2D eigenvalue weighted by molar-refractivity contribution is 0.0698. The average Bonchev–Trinajstić information content (AvgIpc) is 2.89. The highest BCUT2D eigenvalue weighted by Gasteiger charge is 2.23. The molecule has 0 heterocycles. The van der Waals surface area contributed by atoms with E-state index in [2.05, 4.69) is 4.90 Å². The summed E-state index contributed by atoms with van der Waals surface area (Å²) in [5.74, 6) is -1.02. The molecule has 0 atom stereocenters. The molecule has 0 aromatic heterocycles. The van der Waals surface area contributed by atoms with Gasteiger partial charge < -0.3 is 20.8 Å². The lowest BCUT2D eigenvalue weighted by Gasteiger charge is -2.31. The Bertz CT molecular complexity index is 456. The van der Waals surface area contributed by atoms with Gasteiger partial charge in [0.05, 0.1) is 12.2 Å². The number of carboxylic acids is 1. The molecule has 1 aliphatic rings. The van der Waals surface area contributed by atoms with Crippen molar-refractivity contribution >= 4 is 17.3 Å². The highest BCUT2D eigenvalue weighted by atomic mass is 16.4. The fourth-order valence-corrected chi connectivity index (χ4v) is 2.77. The maximum absolute atomic E-state index is 11.0. The van der Waals surface area contributed by atoms with E-state index in [1.165, 1.54) is 18.9 Å². The Hall–Kier alpha value is -1.75. The molecule has 5 heteroatoms. The molecule has 2 rings (SSSR count). The molecule has 1 aromatic carbocycles. The molecule has 1 aromatic rings. The molecule has 1 fully saturated rings. The standard InChI is InChI=1S/C14H20N2O3/c15-13-9-11(5-6-12(13)14(18)19)16(7-8-17)10-3-1-2-4-10/h5-6,9-10,17H,1-4,7-8,15H2,(H,18,19). The van der Waals surface area contributed by atoms with Crippen molar-refractivity contribution < 1.29 is 15.0 Å². The van der Waals surface area contributed by atoms with E-state index in [0.717, 1.165) is 18.5 Å². The third-order valence-corrected chi connectivity index (χ3v) is 3.70. The molecule has 4 N–H and O–H groups in total. The van der Waals surface area contributed by atoms with Gasteiger partial charge in [0.25, 0.3) is 0 Å². The highest BCUT2D eigenvalue weighted by Crippen LogP contribution is 2.30. The van der Waals surface area contributed by atoms with E-state index in [1.807, 2.05) is 0 Å². The van der Waals surface area contributed by atoms with Crippen LogP contribution < -0.4 is 10.6 Å². The molecule has 1 saturated carbocycles. The van der Waals surface area contributed by atoms with E-state index in [4.69, 9.17) is 10.8 Å². The minimum absolute atomic E-state index is 0.0804. The van der Waals surface area contributed by atoms with Crippen LogP contribution >= 0.6 is 0 Å². The fourth-order valence-electron chi connectivity index (χ4n) is 2.77. The fraction of sp³-hybridized carbons (Fsp3) is 0.500. The summed E-state index contributed by atoms with van der Waals surface area (Å²) in [7, 11) is 0. The van der Waals surface area contributed by atoms with Gasteiger partial charge >= 0.3 is 5.97 Å². The molecule has 0 aliphatic heterocycles. The summed E-state index contributed by atoms with van der Waals surface area (Å²) in [6.07, 6.45) is 4.63. The van der Waals surface area contributed by atoms with Crippen LogP contribution in [0.1, 0.15) is 36.0 Å². The number of aliphatic hydroxyl groups is 1. The molecule has 104 valence electrons. The second kappa shape index (κ2) is 5.93. The maximum Gasteiger partial charge on any atom is 0.337 e. The van der Waals surface area contributed by atoms with Crippen molar-refractivity contribution in [2.24, 2.45) is 0 Å². The number of hydrogen-bond acceptors (Lipinski definition) is 4. The number of nitrogens with two attached hydrogens (primary N) is 1. The average molecular weight is 264 g/mol. The van der Waals surface area contributed by atoms with Crippen LogP contribution in [-0.4, -0.2) is 35.4 Å². The number of carboxylic acid groups (broad SMARTS) is 1. The summed E-state index contributed by atoms with van der Waals surface area (Å²) in [6, 6.07) is 5.42. The number of nitrogens with zero attached hydrogens (tertiary/aromatic N) is 1. The van der Waals surface area contributed by atoms with E-state index < -0.39 is 5.97 Å². The number of aliphatic hydroxyl groups excluding tert-OH is 1. The van der Waals surface area contributed by atoms with Crippen LogP contribution in [0.5, 0.6) is 0 Å². The Labute approximate surface area is 112 Å². The van der Waals surface area contributed by atoms with Crippen molar-refractivity contribution in [2.75, 3.05) is 23.8 Å². The van der Waals surface area contributed by atoms with Crippen molar-refractivity contribution in [2.45, 2.75) is 31.7 Å². The number of rotatable bonds is 5. The Morgan fingerprint density at radius 1 is 1.37 bits per heavy atom. The summed E-state index contributed by atoms with van der Waals surface area (Å²) in [5, 5.41) is 18.2. The van der Waals surface area contributed by atoms with Gasteiger partial charge in [-0.15, -0.1) is 0 Å². The van der Waals surface area contributed by atoms with Gasteiger partial charge in [-0.3, -0.25) is 0 Å². The van der Waals surface area contributed by atoms with Gasteiger partial charge in [-0.2, -0.15) is 0 Å². The number of nitrogen functional groups attached to an aromatic ring is 1. The monoisotopic (exact) mass is 264 g/mol. The number of aromatic carboxylic acids is 1. The normalized spacial score (nSPS) is 15.6. The van der Waals surface area contributed by atoms with Crippen LogP contribution in [0.4, 0.5) is 11.4 Å². The Morgan fingerprint density at radius 3 is 2.58 bits per heavy atom. The van der Waals surface area contributed by atoms with Gasteiger partial charge in [-0.1, -0.05) is 12.8 Å². The van der Waals surface area contributed by atoms with Crippen molar-refractivity contribution in [3.63, 3.8) is 0 Å². The number of benzene rings is 1. The molecule has 0 radical (unpaired) electrons. The minimum Gasteiger partial charge on any atom is -0.478 e. The maximum atomic E-state index is 11.0. The lowest BCUT2D eigenvalue weighted by Crippen LogP contribution is -2.35. The van der Waals surface area contributed by atoms with Gasteiger partial charge in [0.2, 0.25) is 0 Å². The Morgan fingerprint density at radius 2 is 2.05 bits per heavy atom. The van der Waals surface area contributed by atoms with Crippen LogP contribution in [0.25, 0.3) is 0 Å². The molecule has 0 amide bonds. The summed E-state index contributed by atoms with van der Waals surface area (Å²) in [5.41, 5.74) is 7.07. The number of anilines is 2. The third-order valence-electron chi connectivity index (χ3n) is 3.70. The van der Waals surface area contributed by atoms with E-state index in [9.17, 15) is 9.90 Å². The van der Waals surface area contributed by atoms with Gasteiger partial charge in [-0.05, 0) is 31.0 Å². The first-order chi connectivity index (χ1) is 9.13. The van der Waals surface area contributed by atoms with E-state index in [1.54, 1.807) is 12.1 Å². The zero-order valence-corrected chi connectivity index (χ0v) is 10.9. The zero-order chi connectivity index (χ0) is 13.8. The van der Waals surface area contributed by atoms with Crippen molar-refractivity contribution in [3.05, 3.63) is 23.8 Å². The van der Waals surface area contributed by atoms with Gasteiger partial charge in [0, 0.05) is 24.0 Å². The zero-order valence-electron chi connectivity index (χ0n) is 10.9. The number of hydrogen-bond donors (Lipinski definition) is 3. The topological polar surface area (TPSA) is 86.8 Å². The molecule has 0 saturated heterocycles. The molecule has 1 aliphatic carbocycles. The van der Waals surface area contributed by atoms with Gasteiger partial charge in [0.1, 0.15) is 0 Å². The van der Waals surface area contributed by atoms with Crippen molar-refractivity contribution in [3.8, 4) is 0 Å². The quantitative estimate of drug-likeness (QED) is 0.705. The Kier molecular flexibility index (Phi) is 4.27. The molecule has 0 unspecified atom stereocenters. The van der Waals surface area contributed by atoms with E-state index in [-0.39, 0.29) is 17.9 Å². The first kappa shape index (κ1) is 13.7. The largest absolute Gasteiger partial charge is 0.478 e. The highest BCUT2D eigenvalue weighted by molar-refractivity contribution is 5.94.